The van der Waals surface area contributed by atoms with E-state index in [4.69, 9.17) is 11.6 Å². The first-order chi connectivity index (χ1) is 9.65. The van der Waals surface area contributed by atoms with Crippen LogP contribution in [0.15, 0.2) is 47.2 Å². The number of carbonyl (C=O) groups excluding carboxylic acids is 1. The highest BCUT2D eigenvalue weighted by Gasteiger charge is 2.04. The van der Waals surface area contributed by atoms with Gasteiger partial charge in [0.25, 0.3) is 5.91 Å². The van der Waals surface area contributed by atoms with Crippen molar-refractivity contribution in [1.29, 1.82) is 0 Å². The minimum atomic E-state index is -0.209. The number of rotatable bonds is 2. The second kappa shape index (κ2) is 7.09. The topological polar surface area (TPSA) is 42.0 Å². The standard InChI is InChI=1S/C15H10BrClN2O/c16-13-8-12(9-18-10-13)15(20)19-6-2-4-11-3-1-5-14(17)7-11/h1,3,5,7-10H,6H2,(H,19,20). The molecule has 3 nitrogen and oxygen atoms in total. The number of pyridine rings is 1. The molecule has 0 atom stereocenters. The van der Waals surface area contributed by atoms with Crippen LogP contribution in [0.25, 0.3) is 0 Å². The first kappa shape index (κ1) is 14.6. The molecule has 0 saturated heterocycles. The van der Waals surface area contributed by atoms with Crippen molar-refractivity contribution in [2.45, 2.75) is 0 Å². The van der Waals surface area contributed by atoms with Gasteiger partial charge in [-0.25, -0.2) is 0 Å². The zero-order valence-electron chi connectivity index (χ0n) is 10.4. The van der Waals surface area contributed by atoms with Crippen molar-refractivity contribution >= 4 is 33.4 Å². The molecule has 1 aromatic carbocycles. The first-order valence-electron chi connectivity index (χ1n) is 5.78. The molecule has 2 aromatic rings. The van der Waals surface area contributed by atoms with Crippen molar-refractivity contribution in [2.24, 2.45) is 0 Å². The number of carbonyl (C=O) groups is 1. The second-order valence-corrected chi connectivity index (χ2v) is 5.24. The zero-order chi connectivity index (χ0) is 14.4. The number of benzene rings is 1. The van der Waals surface area contributed by atoms with Crippen LogP contribution in [0, 0.1) is 11.8 Å². The van der Waals surface area contributed by atoms with Crippen molar-refractivity contribution in [2.75, 3.05) is 6.54 Å². The molecule has 1 aromatic heterocycles. The fraction of sp³-hybridized carbons (Fsp3) is 0.0667. The summed E-state index contributed by atoms with van der Waals surface area (Å²) in [7, 11) is 0. The van der Waals surface area contributed by atoms with Crippen LogP contribution in [-0.2, 0) is 0 Å². The van der Waals surface area contributed by atoms with E-state index in [1.165, 1.54) is 6.20 Å². The molecule has 0 aliphatic carbocycles. The highest BCUT2D eigenvalue weighted by molar-refractivity contribution is 9.10. The molecule has 0 radical (unpaired) electrons. The third-order valence-electron chi connectivity index (χ3n) is 2.36. The van der Waals surface area contributed by atoms with Crippen LogP contribution in [0.1, 0.15) is 15.9 Å². The van der Waals surface area contributed by atoms with E-state index in [0.717, 1.165) is 10.0 Å². The van der Waals surface area contributed by atoms with E-state index in [2.05, 4.69) is 38.1 Å². The quantitative estimate of drug-likeness (QED) is 0.846. The Morgan fingerprint density at radius 1 is 1.35 bits per heavy atom. The summed E-state index contributed by atoms with van der Waals surface area (Å²) in [5.41, 5.74) is 1.31. The molecule has 0 aliphatic rings. The Morgan fingerprint density at radius 3 is 2.95 bits per heavy atom. The normalized spacial score (nSPS) is 9.50. The Hall–Kier alpha value is -1.83. The van der Waals surface area contributed by atoms with Crippen LogP contribution in [0.4, 0.5) is 0 Å². The van der Waals surface area contributed by atoms with Crippen LogP contribution in [-0.4, -0.2) is 17.4 Å². The average Bonchev–Trinajstić information content (AvgIpc) is 2.43. The summed E-state index contributed by atoms with van der Waals surface area (Å²) in [6, 6.07) is 8.95. The maximum Gasteiger partial charge on any atom is 0.253 e. The highest BCUT2D eigenvalue weighted by Crippen LogP contribution is 2.10. The molecule has 20 heavy (non-hydrogen) atoms. The van der Waals surface area contributed by atoms with Gasteiger partial charge >= 0.3 is 0 Å². The molecule has 1 N–H and O–H groups in total. The molecule has 0 spiro atoms. The number of nitrogens with zero attached hydrogens (tertiary/aromatic N) is 1. The summed E-state index contributed by atoms with van der Waals surface area (Å²) in [5.74, 6) is 5.59. The van der Waals surface area contributed by atoms with E-state index in [9.17, 15) is 4.79 Å². The summed E-state index contributed by atoms with van der Waals surface area (Å²) in [5, 5.41) is 3.34. The van der Waals surface area contributed by atoms with Gasteiger partial charge in [-0.3, -0.25) is 9.78 Å². The van der Waals surface area contributed by atoms with Gasteiger partial charge in [0.2, 0.25) is 0 Å². The van der Waals surface area contributed by atoms with Crippen molar-refractivity contribution in [3.63, 3.8) is 0 Å². The van der Waals surface area contributed by atoms with E-state index in [1.54, 1.807) is 24.4 Å². The van der Waals surface area contributed by atoms with Crippen LogP contribution in [0.5, 0.6) is 0 Å². The lowest BCUT2D eigenvalue weighted by molar-refractivity contribution is 0.0958. The minimum Gasteiger partial charge on any atom is -0.341 e. The predicted molar refractivity (Wildman–Crippen MR) is 82.6 cm³/mol. The van der Waals surface area contributed by atoms with E-state index in [0.29, 0.717) is 10.6 Å². The lowest BCUT2D eigenvalue weighted by Crippen LogP contribution is -2.23. The number of hydrogen-bond donors (Lipinski definition) is 1. The molecule has 1 amide bonds. The molecule has 100 valence electrons. The number of aromatic nitrogens is 1. The molecular formula is C15H10BrClN2O. The van der Waals surface area contributed by atoms with Crippen molar-refractivity contribution < 1.29 is 4.79 Å². The van der Waals surface area contributed by atoms with Gasteiger partial charge in [-0.1, -0.05) is 29.5 Å². The molecular weight excluding hydrogens is 340 g/mol. The molecule has 0 fully saturated rings. The molecule has 0 unspecified atom stereocenters. The molecule has 0 aliphatic heterocycles. The largest absolute Gasteiger partial charge is 0.341 e. The van der Waals surface area contributed by atoms with Crippen LogP contribution >= 0.6 is 27.5 Å². The summed E-state index contributed by atoms with van der Waals surface area (Å²) >= 11 is 9.12. The van der Waals surface area contributed by atoms with Crippen LogP contribution in [0.2, 0.25) is 5.02 Å². The molecule has 0 saturated carbocycles. The third kappa shape index (κ3) is 4.37. The zero-order valence-corrected chi connectivity index (χ0v) is 12.7. The summed E-state index contributed by atoms with van der Waals surface area (Å²) in [4.78, 5) is 15.7. The van der Waals surface area contributed by atoms with E-state index in [1.807, 2.05) is 12.1 Å². The van der Waals surface area contributed by atoms with Gasteiger partial charge < -0.3 is 5.32 Å². The van der Waals surface area contributed by atoms with Crippen molar-refractivity contribution in [3.05, 3.63) is 63.3 Å². The fourth-order valence-corrected chi connectivity index (χ4v) is 2.03. The van der Waals surface area contributed by atoms with Gasteiger partial charge in [-0.2, -0.15) is 0 Å². The van der Waals surface area contributed by atoms with Gasteiger partial charge in [-0.05, 0) is 40.2 Å². The minimum absolute atomic E-state index is 0.209. The molecule has 2 rings (SSSR count). The lowest BCUT2D eigenvalue weighted by Gasteiger charge is -2.00. The van der Waals surface area contributed by atoms with Crippen molar-refractivity contribution in [1.82, 2.24) is 10.3 Å². The van der Waals surface area contributed by atoms with E-state index in [-0.39, 0.29) is 12.5 Å². The Balaban J connectivity index is 1.92. The van der Waals surface area contributed by atoms with Crippen LogP contribution < -0.4 is 5.32 Å². The smallest absolute Gasteiger partial charge is 0.253 e. The maximum atomic E-state index is 11.8. The molecule has 0 bridgehead atoms. The Bertz CT molecular complexity index is 692. The SMILES string of the molecule is O=C(NCC#Cc1cccc(Cl)c1)c1cncc(Br)c1. The average molecular weight is 350 g/mol. The number of nitrogens with one attached hydrogen (secondary N) is 1. The number of hydrogen-bond acceptors (Lipinski definition) is 2. The second-order valence-electron chi connectivity index (χ2n) is 3.89. The third-order valence-corrected chi connectivity index (χ3v) is 3.03. The number of amides is 1. The van der Waals surface area contributed by atoms with Gasteiger partial charge in [0.05, 0.1) is 12.1 Å². The van der Waals surface area contributed by atoms with Gasteiger partial charge in [0, 0.05) is 27.5 Å². The predicted octanol–water partition coefficient (Wildman–Crippen LogP) is 3.28. The monoisotopic (exact) mass is 348 g/mol. The highest BCUT2D eigenvalue weighted by atomic mass is 79.9. The summed E-state index contributed by atoms with van der Waals surface area (Å²) in [6.45, 7) is 0.262. The maximum absolute atomic E-state index is 11.8. The van der Waals surface area contributed by atoms with Gasteiger partial charge in [0.1, 0.15) is 0 Å². The summed E-state index contributed by atoms with van der Waals surface area (Å²) in [6.07, 6.45) is 3.13. The Morgan fingerprint density at radius 2 is 2.20 bits per heavy atom. The Kier molecular flexibility index (Phi) is 5.16. The van der Waals surface area contributed by atoms with Crippen LogP contribution in [0.3, 0.4) is 0 Å². The fourth-order valence-electron chi connectivity index (χ4n) is 1.48. The first-order valence-corrected chi connectivity index (χ1v) is 6.95. The van der Waals surface area contributed by atoms with Crippen molar-refractivity contribution in [3.8, 4) is 11.8 Å². The van der Waals surface area contributed by atoms with Gasteiger partial charge in [-0.15, -0.1) is 0 Å². The van der Waals surface area contributed by atoms with E-state index < -0.39 is 0 Å². The lowest BCUT2D eigenvalue weighted by atomic mass is 10.2. The van der Waals surface area contributed by atoms with Gasteiger partial charge in [0.15, 0.2) is 0 Å². The number of halogens is 2. The Labute approximate surface area is 130 Å². The molecule has 5 heteroatoms. The van der Waals surface area contributed by atoms with E-state index >= 15 is 0 Å². The summed E-state index contributed by atoms with van der Waals surface area (Å²) < 4.78 is 0.759. The molecule has 1 heterocycles.